The van der Waals surface area contributed by atoms with Crippen molar-refractivity contribution in [1.82, 2.24) is 20.2 Å². The van der Waals surface area contributed by atoms with E-state index in [4.69, 9.17) is 5.14 Å². The van der Waals surface area contributed by atoms with Gasteiger partial charge in [0.1, 0.15) is 0 Å². The molecule has 0 radical (unpaired) electrons. The molecule has 108 valence electrons. The van der Waals surface area contributed by atoms with Crippen LogP contribution in [-0.2, 0) is 19.9 Å². The van der Waals surface area contributed by atoms with Crippen LogP contribution < -0.4 is 5.14 Å². The maximum Gasteiger partial charge on any atom is 0.272 e. The molecule has 0 spiro atoms. The van der Waals surface area contributed by atoms with Crippen LogP contribution in [0.5, 0.6) is 0 Å². The zero-order chi connectivity index (χ0) is 14.8. The molecule has 11 heteroatoms. The van der Waals surface area contributed by atoms with Crippen LogP contribution in [0.25, 0.3) is 5.69 Å². The minimum atomic E-state index is -3.96. The van der Waals surface area contributed by atoms with Gasteiger partial charge in [-0.25, -0.2) is 22.0 Å². The molecule has 0 aliphatic carbocycles. The summed E-state index contributed by atoms with van der Waals surface area (Å²) in [5.74, 6) is -1.38. The fourth-order valence-electron chi connectivity index (χ4n) is 1.42. The maximum atomic E-state index is 12.1. The third kappa shape index (κ3) is 3.37. The molecule has 0 unspecified atom stereocenters. The molecule has 1 heterocycles. The van der Waals surface area contributed by atoms with Crippen molar-refractivity contribution in [2.75, 3.05) is 11.5 Å². The first-order valence-corrected chi connectivity index (χ1v) is 8.73. The second-order valence-corrected chi connectivity index (χ2v) is 7.63. The zero-order valence-electron chi connectivity index (χ0n) is 10.1. The summed E-state index contributed by atoms with van der Waals surface area (Å²) in [6.07, 6.45) is 0. The first kappa shape index (κ1) is 14.6. The molecule has 2 N–H and O–H groups in total. The van der Waals surface area contributed by atoms with E-state index in [1.807, 2.05) is 0 Å². The molecule has 0 saturated carbocycles. The highest BCUT2D eigenvalue weighted by molar-refractivity contribution is 7.94. The number of benzene rings is 1. The molecule has 9 nitrogen and oxygen atoms in total. The van der Waals surface area contributed by atoms with Crippen molar-refractivity contribution in [3.05, 3.63) is 30.3 Å². The lowest BCUT2D eigenvalue weighted by Crippen LogP contribution is -2.24. The fourth-order valence-corrected chi connectivity index (χ4v) is 3.98. The monoisotopic (exact) mass is 317 g/mol. The van der Waals surface area contributed by atoms with Gasteiger partial charge in [-0.15, -0.1) is 0 Å². The van der Waals surface area contributed by atoms with Gasteiger partial charge in [0.2, 0.25) is 19.9 Å². The Kier molecular flexibility index (Phi) is 3.83. The quantitative estimate of drug-likeness (QED) is 0.725. The highest BCUT2D eigenvalue weighted by atomic mass is 32.2. The molecule has 2 aromatic rings. The minimum Gasteiger partial charge on any atom is -0.229 e. The predicted octanol–water partition coefficient (Wildman–Crippen LogP) is -1.28. The van der Waals surface area contributed by atoms with Gasteiger partial charge in [-0.1, -0.05) is 23.3 Å². The second kappa shape index (κ2) is 5.26. The molecule has 0 saturated heterocycles. The zero-order valence-corrected chi connectivity index (χ0v) is 11.7. The smallest absolute Gasteiger partial charge is 0.229 e. The van der Waals surface area contributed by atoms with Crippen LogP contribution in [-0.4, -0.2) is 48.5 Å². The third-order valence-electron chi connectivity index (χ3n) is 2.36. The summed E-state index contributed by atoms with van der Waals surface area (Å²) in [7, 11) is -7.84. The number of nitrogens with zero attached hydrogens (tertiary/aromatic N) is 4. The van der Waals surface area contributed by atoms with E-state index < -0.39 is 36.5 Å². The van der Waals surface area contributed by atoms with Crippen LogP contribution >= 0.6 is 0 Å². The first-order valence-electron chi connectivity index (χ1n) is 5.37. The number of nitrogens with two attached hydrogens (primary N) is 1. The van der Waals surface area contributed by atoms with Crippen LogP contribution in [0, 0.1) is 0 Å². The second-order valence-electron chi connectivity index (χ2n) is 3.89. The average Bonchev–Trinajstić information content (AvgIpc) is 2.87. The molecule has 0 aliphatic heterocycles. The Balaban J connectivity index is 2.37. The van der Waals surface area contributed by atoms with Gasteiger partial charge in [0.05, 0.1) is 17.2 Å². The molecule has 1 aromatic heterocycles. The summed E-state index contributed by atoms with van der Waals surface area (Å²) in [6.45, 7) is 0. The van der Waals surface area contributed by atoms with E-state index in [2.05, 4.69) is 15.5 Å². The van der Waals surface area contributed by atoms with E-state index in [0.717, 1.165) is 4.68 Å². The topological polar surface area (TPSA) is 138 Å². The van der Waals surface area contributed by atoms with Gasteiger partial charge < -0.3 is 0 Å². The predicted molar refractivity (Wildman–Crippen MR) is 69.2 cm³/mol. The largest absolute Gasteiger partial charge is 0.272 e. The van der Waals surface area contributed by atoms with Gasteiger partial charge >= 0.3 is 0 Å². The number of sulfonamides is 1. The molecule has 20 heavy (non-hydrogen) atoms. The highest BCUT2D eigenvalue weighted by Crippen LogP contribution is 2.12. The number of rotatable bonds is 5. The number of primary sulfonamides is 1. The van der Waals surface area contributed by atoms with E-state index in [1.165, 1.54) is 0 Å². The molecule has 0 amide bonds. The minimum absolute atomic E-state index is 0.424. The Hall–Kier alpha value is -1.85. The molecular formula is C9H11N5O4S2. The first-order chi connectivity index (χ1) is 9.30. The van der Waals surface area contributed by atoms with Gasteiger partial charge in [-0.2, -0.15) is 4.68 Å². The SMILES string of the molecule is NS(=O)(=O)CCS(=O)(=O)c1nnnn1-c1ccccc1. The third-order valence-corrected chi connectivity index (χ3v) is 4.94. The molecule has 0 fully saturated rings. The highest BCUT2D eigenvalue weighted by Gasteiger charge is 2.25. The average molecular weight is 317 g/mol. The Labute approximate surface area is 115 Å². The molecule has 0 atom stereocenters. The van der Waals surface area contributed by atoms with Gasteiger partial charge in [0.25, 0.3) is 5.16 Å². The Bertz CT molecular complexity index is 798. The number of sulfone groups is 1. The summed E-state index contributed by atoms with van der Waals surface area (Å²) < 4.78 is 46.8. The maximum absolute atomic E-state index is 12.1. The van der Waals surface area contributed by atoms with Crippen LogP contribution in [0.4, 0.5) is 0 Å². The summed E-state index contributed by atoms with van der Waals surface area (Å²) >= 11 is 0. The molecule has 1 aromatic carbocycles. The van der Waals surface area contributed by atoms with Crippen LogP contribution in [0.1, 0.15) is 0 Å². The van der Waals surface area contributed by atoms with Crippen LogP contribution in [0.2, 0.25) is 0 Å². The number of para-hydroxylation sites is 1. The summed E-state index contributed by atoms with van der Waals surface area (Å²) in [5, 5.41) is 14.7. The normalized spacial score (nSPS) is 12.4. The summed E-state index contributed by atoms with van der Waals surface area (Å²) in [5.41, 5.74) is 0.451. The Morgan fingerprint density at radius 3 is 2.30 bits per heavy atom. The Morgan fingerprint density at radius 2 is 1.70 bits per heavy atom. The standard InChI is InChI=1S/C9H11N5O4S2/c10-20(17,18)7-6-19(15,16)9-11-12-13-14(9)8-4-2-1-3-5-8/h1-5H,6-7H2,(H2,10,17,18). The number of hydrogen-bond donors (Lipinski definition) is 1. The number of aromatic nitrogens is 4. The van der Waals surface area contributed by atoms with Crippen LogP contribution in [0.15, 0.2) is 35.5 Å². The lowest BCUT2D eigenvalue weighted by atomic mass is 10.3. The number of tetrazole rings is 1. The van der Waals surface area contributed by atoms with Gasteiger partial charge in [0, 0.05) is 0 Å². The molecule has 0 aliphatic rings. The van der Waals surface area contributed by atoms with E-state index in [-0.39, 0.29) is 0 Å². The fraction of sp³-hybridized carbons (Fsp3) is 0.222. The van der Waals surface area contributed by atoms with Crippen molar-refractivity contribution in [2.24, 2.45) is 5.14 Å². The van der Waals surface area contributed by atoms with Crippen molar-refractivity contribution in [2.45, 2.75) is 5.16 Å². The Morgan fingerprint density at radius 1 is 1.05 bits per heavy atom. The van der Waals surface area contributed by atoms with Crippen molar-refractivity contribution in [3.8, 4) is 5.69 Å². The van der Waals surface area contributed by atoms with E-state index in [9.17, 15) is 16.8 Å². The molecular weight excluding hydrogens is 306 g/mol. The van der Waals surface area contributed by atoms with Gasteiger partial charge in [0.15, 0.2) is 0 Å². The van der Waals surface area contributed by atoms with Crippen molar-refractivity contribution < 1.29 is 16.8 Å². The van der Waals surface area contributed by atoms with Crippen molar-refractivity contribution in [1.29, 1.82) is 0 Å². The van der Waals surface area contributed by atoms with E-state index in [1.54, 1.807) is 30.3 Å². The lowest BCUT2D eigenvalue weighted by Gasteiger charge is -2.04. The van der Waals surface area contributed by atoms with E-state index in [0.29, 0.717) is 5.69 Å². The summed E-state index contributed by atoms with van der Waals surface area (Å²) in [6, 6.07) is 8.38. The molecule has 2 rings (SSSR count). The number of hydrogen-bond acceptors (Lipinski definition) is 7. The van der Waals surface area contributed by atoms with E-state index >= 15 is 0 Å². The van der Waals surface area contributed by atoms with Crippen LogP contribution in [0.3, 0.4) is 0 Å². The van der Waals surface area contributed by atoms with Gasteiger partial charge in [-0.05, 0) is 22.6 Å². The summed E-state index contributed by atoms with van der Waals surface area (Å²) in [4.78, 5) is 0. The van der Waals surface area contributed by atoms with Crippen molar-refractivity contribution >= 4 is 19.9 Å². The van der Waals surface area contributed by atoms with Crippen molar-refractivity contribution in [3.63, 3.8) is 0 Å². The molecule has 0 bridgehead atoms. The lowest BCUT2D eigenvalue weighted by molar-refractivity contribution is 0.577. The van der Waals surface area contributed by atoms with Gasteiger partial charge in [-0.3, -0.25) is 0 Å².